The minimum atomic E-state index is -0.555. The Balaban J connectivity index is 2.99. The molecule has 3 N–H and O–H groups in total. The maximum Gasteiger partial charge on any atom is 0.352 e. The van der Waals surface area contributed by atoms with E-state index in [4.69, 9.17) is 10.5 Å². The topological polar surface area (TPSA) is 93.9 Å². The number of aromatic nitrogens is 3. The summed E-state index contributed by atoms with van der Waals surface area (Å²) in [6, 6.07) is 0.00810. The lowest BCUT2D eigenvalue weighted by Gasteiger charge is -1.98. The fourth-order valence-corrected chi connectivity index (χ4v) is 0.574. The molecule has 0 atom stereocenters. The summed E-state index contributed by atoms with van der Waals surface area (Å²) < 4.78 is 4.85. The fraction of sp³-hybridized carbons (Fsp3) is 0.400. The minimum absolute atomic E-state index is 0.00782. The van der Waals surface area contributed by atoms with Crippen molar-refractivity contribution in [3.63, 3.8) is 0 Å². The normalized spacial score (nSPS) is 9.55. The number of nitrogens with two attached hydrogens (primary N) is 1. The summed E-state index contributed by atoms with van der Waals surface area (Å²) in [5, 5.41) is 0. The molecule has 60 valence electrons. The van der Waals surface area contributed by atoms with Crippen molar-refractivity contribution in [2.24, 2.45) is 0 Å². The number of nitrogens with one attached hydrogen (secondary N) is 1. The molecule has 6 nitrogen and oxygen atoms in total. The number of hydrogen-bond acceptors (Lipinski definition) is 5. The molecule has 6 heteroatoms. The van der Waals surface area contributed by atoms with E-state index in [0.717, 1.165) is 0 Å². The molecule has 0 aromatic carbocycles. The predicted octanol–water partition coefficient (Wildman–Crippen LogP) is -0.854. The van der Waals surface area contributed by atoms with E-state index in [2.05, 4.69) is 15.0 Å². The molecule has 0 aliphatic carbocycles. The Kier molecular flexibility index (Phi) is 2.05. The summed E-state index contributed by atoms with van der Waals surface area (Å²) in [6.45, 7) is 2.17. The van der Waals surface area contributed by atoms with Gasteiger partial charge in [-0.1, -0.05) is 0 Å². The second kappa shape index (κ2) is 3.00. The van der Waals surface area contributed by atoms with Gasteiger partial charge < -0.3 is 10.5 Å². The van der Waals surface area contributed by atoms with Crippen LogP contribution in [0.2, 0.25) is 0 Å². The van der Waals surface area contributed by atoms with Gasteiger partial charge in [-0.25, -0.2) is 4.79 Å². The fourth-order valence-electron chi connectivity index (χ4n) is 0.574. The molecule has 0 aliphatic rings. The molecule has 0 fully saturated rings. The first-order chi connectivity index (χ1) is 5.22. The second-order valence-electron chi connectivity index (χ2n) is 1.75. The van der Waals surface area contributed by atoms with Crippen molar-refractivity contribution < 1.29 is 4.74 Å². The van der Waals surface area contributed by atoms with Gasteiger partial charge in [0.25, 0.3) is 0 Å². The molecule has 0 spiro atoms. The van der Waals surface area contributed by atoms with Crippen molar-refractivity contribution >= 4 is 5.95 Å². The first kappa shape index (κ1) is 7.52. The van der Waals surface area contributed by atoms with Crippen LogP contribution in [0.1, 0.15) is 6.92 Å². The van der Waals surface area contributed by atoms with E-state index in [1.165, 1.54) is 0 Å². The number of nitrogen functional groups attached to an aromatic ring is 1. The zero-order valence-electron chi connectivity index (χ0n) is 6.00. The smallest absolute Gasteiger partial charge is 0.352 e. The summed E-state index contributed by atoms with van der Waals surface area (Å²) in [5.74, 6) is 0.00782. The van der Waals surface area contributed by atoms with Crippen LogP contribution in [0, 0.1) is 0 Å². The molecule has 0 bridgehead atoms. The van der Waals surface area contributed by atoms with Gasteiger partial charge in [0.1, 0.15) is 0 Å². The average Bonchev–Trinajstić information content (AvgIpc) is 1.85. The van der Waals surface area contributed by atoms with Gasteiger partial charge in [-0.3, -0.25) is 4.98 Å². The number of rotatable bonds is 2. The van der Waals surface area contributed by atoms with Crippen LogP contribution in [0.25, 0.3) is 0 Å². The standard InChI is InChI=1S/C5H8N4O2/c1-2-11-5-8-3(6)7-4(10)9-5/h2H2,1H3,(H3,6,7,8,9,10). The second-order valence-corrected chi connectivity index (χ2v) is 1.75. The maximum absolute atomic E-state index is 10.6. The molecule has 0 radical (unpaired) electrons. The van der Waals surface area contributed by atoms with Crippen LogP contribution in [-0.4, -0.2) is 21.6 Å². The molecule has 1 heterocycles. The summed E-state index contributed by atoms with van der Waals surface area (Å²) in [7, 11) is 0. The van der Waals surface area contributed by atoms with Crippen LogP contribution in [0.4, 0.5) is 5.95 Å². The lowest BCUT2D eigenvalue weighted by Crippen LogP contribution is -2.16. The van der Waals surface area contributed by atoms with E-state index in [1.807, 2.05) is 0 Å². The Morgan fingerprint density at radius 2 is 2.36 bits per heavy atom. The number of hydrogen-bond donors (Lipinski definition) is 2. The van der Waals surface area contributed by atoms with E-state index in [0.29, 0.717) is 6.61 Å². The number of aromatic amines is 1. The largest absolute Gasteiger partial charge is 0.464 e. The van der Waals surface area contributed by atoms with Crippen molar-refractivity contribution in [2.75, 3.05) is 12.3 Å². The molecule has 0 aliphatic heterocycles. The number of nitrogens with zero attached hydrogens (tertiary/aromatic N) is 2. The Morgan fingerprint density at radius 3 is 2.91 bits per heavy atom. The van der Waals surface area contributed by atoms with Gasteiger partial charge in [-0.2, -0.15) is 4.98 Å². The first-order valence-electron chi connectivity index (χ1n) is 3.09. The lowest BCUT2D eigenvalue weighted by molar-refractivity contribution is 0.310. The molecular weight excluding hydrogens is 148 g/mol. The van der Waals surface area contributed by atoms with E-state index in [9.17, 15) is 4.79 Å². The zero-order valence-corrected chi connectivity index (χ0v) is 6.00. The van der Waals surface area contributed by atoms with Crippen molar-refractivity contribution in [2.45, 2.75) is 6.92 Å². The van der Waals surface area contributed by atoms with Crippen LogP contribution < -0.4 is 16.2 Å². The lowest BCUT2D eigenvalue weighted by atomic mass is 10.8. The van der Waals surface area contributed by atoms with Gasteiger partial charge in [0, 0.05) is 0 Å². The van der Waals surface area contributed by atoms with Crippen molar-refractivity contribution in [1.29, 1.82) is 0 Å². The Hall–Kier alpha value is -1.59. The Bertz CT molecular complexity index is 295. The summed E-state index contributed by atoms with van der Waals surface area (Å²) in [6.07, 6.45) is 0. The van der Waals surface area contributed by atoms with Crippen LogP contribution in [0.3, 0.4) is 0 Å². The quantitative estimate of drug-likeness (QED) is 0.581. The SMILES string of the molecule is CCOc1nc(N)[nH]c(=O)n1. The van der Waals surface area contributed by atoms with Crippen LogP contribution in [-0.2, 0) is 0 Å². The third kappa shape index (κ3) is 1.92. The Labute approximate surface area is 62.4 Å². The summed E-state index contributed by atoms with van der Waals surface area (Å²) in [5.41, 5.74) is 4.65. The summed E-state index contributed by atoms with van der Waals surface area (Å²) in [4.78, 5) is 19.8. The van der Waals surface area contributed by atoms with Gasteiger partial charge in [0.05, 0.1) is 6.61 Å². The molecule has 1 aromatic heterocycles. The molecule has 0 saturated heterocycles. The molecule has 0 amide bonds. The van der Waals surface area contributed by atoms with Gasteiger partial charge in [0.2, 0.25) is 5.95 Å². The molecule has 1 aromatic rings. The predicted molar refractivity (Wildman–Crippen MR) is 38.2 cm³/mol. The zero-order chi connectivity index (χ0) is 8.27. The van der Waals surface area contributed by atoms with E-state index < -0.39 is 5.69 Å². The average molecular weight is 156 g/mol. The van der Waals surface area contributed by atoms with Crippen LogP contribution in [0.5, 0.6) is 6.01 Å². The molecule has 1 rings (SSSR count). The Morgan fingerprint density at radius 1 is 1.64 bits per heavy atom. The van der Waals surface area contributed by atoms with Crippen LogP contribution in [0.15, 0.2) is 4.79 Å². The first-order valence-corrected chi connectivity index (χ1v) is 3.09. The van der Waals surface area contributed by atoms with E-state index in [1.54, 1.807) is 6.92 Å². The third-order valence-corrected chi connectivity index (χ3v) is 0.922. The van der Waals surface area contributed by atoms with Crippen molar-refractivity contribution in [1.82, 2.24) is 15.0 Å². The molecule has 0 saturated carbocycles. The highest BCUT2D eigenvalue weighted by Gasteiger charge is 1.98. The molecular formula is C5H8N4O2. The number of H-pyrrole nitrogens is 1. The van der Waals surface area contributed by atoms with E-state index >= 15 is 0 Å². The monoisotopic (exact) mass is 156 g/mol. The molecule has 0 unspecified atom stereocenters. The summed E-state index contributed by atoms with van der Waals surface area (Å²) >= 11 is 0. The van der Waals surface area contributed by atoms with E-state index in [-0.39, 0.29) is 12.0 Å². The van der Waals surface area contributed by atoms with Gasteiger partial charge in [-0.15, -0.1) is 4.98 Å². The highest BCUT2D eigenvalue weighted by atomic mass is 16.5. The highest BCUT2D eigenvalue weighted by molar-refractivity contribution is 5.14. The number of anilines is 1. The van der Waals surface area contributed by atoms with Crippen LogP contribution >= 0.6 is 0 Å². The van der Waals surface area contributed by atoms with Crippen molar-refractivity contribution in [3.05, 3.63) is 10.5 Å². The highest BCUT2D eigenvalue weighted by Crippen LogP contribution is 1.96. The van der Waals surface area contributed by atoms with Crippen molar-refractivity contribution in [3.8, 4) is 6.01 Å². The van der Waals surface area contributed by atoms with Gasteiger partial charge >= 0.3 is 11.7 Å². The minimum Gasteiger partial charge on any atom is -0.464 e. The third-order valence-electron chi connectivity index (χ3n) is 0.922. The van der Waals surface area contributed by atoms with Gasteiger partial charge in [0.15, 0.2) is 0 Å². The van der Waals surface area contributed by atoms with Gasteiger partial charge in [-0.05, 0) is 6.92 Å². The number of ether oxygens (including phenoxy) is 1. The molecule has 11 heavy (non-hydrogen) atoms. The maximum atomic E-state index is 10.6.